The van der Waals surface area contributed by atoms with Gasteiger partial charge >= 0.3 is 0 Å². The SMILES string of the molecule is N#Cc1cc(NC(=O)[C@@H]2CC(=O)Nc3ccccc32)ccc1Cl. The third-order valence-corrected chi connectivity index (χ3v) is 4.00. The fourth-order valence-corrected chi connectivity index (χ4v) is 2.72. The van der Waals surface area contributed by atoms with Gasteiger partial charge in [0.2, 0.25) is 11.8 Å². The minimum Gasteiger partial charge on any atom is -0.326 e. The van der Waals surface area contributed by atoms with E-state index < -0.39 is 5.92 Å². The third-order valence-electron chi connectivity index (χ3n) is 3.67. The maximum atomic E-state index is 12.6. The van der Waals surface area contributed by atoms with Crippen LogP contribution in [0.25, 0.3) is 0 Å². The first kappa shape index (κ1) is 15.1. The molecule has 0 aromatic heterocycles. The van der Waals surface area contributed by atoms with Crippen LogP contribution in [0.1, 0.15) is 23.5 Å². The smallest absolute Gasteiger partial charge is 0.232 e. The van der Waals surface area contributed by atoms with Crippen LogP contribution >= 0.6 is 11.6 Å². The number of anilines is 2. The third kappa shape index (κ3) is 3.03. The van der Waals surface area contributed by atoms with Crippen LogP contribution in [0.15, 0.2) is 42.5 Å². The van der Waals surface area contributed by atoms with Crippen molar-refractivity contribution in [2.24, 2.45) is 0 Å². The highest BCUT2D eigenvalue weighted by Gasteiger charge is 2.30. The number of hydrogen-bond donors (Lipinski definition) is 2. The van der Waals surface area contributed by atoms with Gasteiger partial charge in [0, 0.05) is 17.8 Å². The molecule has 0 fully saturated rings. The molecule has 0 saturated heterocycles. The Morgan fingerprint density at radius 1 is 1.30 bits per heavy atom. The fraction of sp³-hybridized carbons (Fsp3) is 0.118. The first-order chi connectivity index (χ1) is 11.1. The molecule has 1 heterocycles. The van der Waals surface area contributed by atoms with Crippen LogP contribution in [0.3, 0.4) is 0 Å². The number of fused-ring (bicyclic) bond motifs is 1. The Balaban J connectivity index is 1.87. The van der Waals surface area contributed by atoms with Crippen molar-refractivity contribution in [3.05, 3.63) is 58.6 Å². The van der Waals surface area contributed by atoms with E-state index in [0.717, 1.165) is 5.56 Å². The Labute approximate surface area is 137 Å². The van der Waals surface area contributed by atoms with Crippen LogP contribution in [0.5, 0.6) is 0 Å². The van der Waals surface area contributed by atoms with Crippen LogP contribution in [-0.2, 0) is 9.59 Å². The summed E-state index contributed by atoms with van der Waals surface area (Å²) in [5.74, 6) is -1.06. The summed E-state index contributed by atoms with van der Waals surface area (Å²) in [5.41, 5.74) is 2.18. The van der Waals surface area contributed by atoms with E-state index in [-0.39, 0.29) is 23.8 Å². The summed E-state index contributed by atoms with van der Waals surface area (Å²) in [5, 5.41) is 14.8. The molecule has 2 amide bonds. The number of amides is 2. The number of para-hydroxylation sites is 1. The second kappa shape index (κ2) is 6.11. The van der Waals surface area contributed by atoms with Crippen LogP contribution in [0, 0.1) is 11.3 Å². The molecule has 3 rings (SSSR count). The number of hydrogen-bond acceptors (Lipinski definition) is 3. The average Bonchev–Trinajstić information content (AvgIpc) is 2.55. The van der Waals surface area contributed by atoms with Gasteiger partial charge in [-0.3, -0.25) is 9.59 Å². The quantitative estimate of drug-likeness (QED) is 0.889. The van der Waals surface area contributed by atoms with Crippen molar-refractivity contribution in [2.75, 3.05) is 10.6 Å². The lowest BCUT2D eigenvalue weighted by Crippen LogP contribution is -2.30. The lowest BCUT2D eigenvalue weighted by atomic mass is 9.90. The van der Waals surface area contributed by atoms with Crippen LogP contribution < -0.4 is 10.6 Å². The van der Waals surface area contributed by atoms with Gasteiger partial charge in [0.15, 0.2) is 0 Å². The maximum Gasteiger partial charge on any atom is 0.232 e. The molecule has 2 aromatic rings. The number of benzene rings is 2. The van der Waals surface area contributed by atoms with Gasteiger partial charge in [-0.05, 0) is 29.8 Å². The van der Waals surface area contributed by atoms with E-state index in [1.165, 1.54) is 6.07 Å². The molecule has 1 atom stereocenters. The number of nitrogens with one attached hydrogen (secondary N) is 2. The summed E-state index contributed by atoms with van der Waals surface area (Å²) in [7, 11) is 0. The summed E-state index contributed by atoms with van der Waals surface area (Å²) < 4.78 is 0. The molecule has 2 N–H and O–H groups in total. The highest BCUT2D eigenvalue weighted by atomic mass is 35.5. The summed E-state index contributed by atoms with van der Waals surface area (Å²) in [6.45, 7) is 0. The zero-order chi connectivity index (χ0) is 16.4. The van der Waals surface area contributed by atoms with Gasteiger partial charge in [-0.25, -0.2) is 0 Å². The Bertz CT molecular complexity index is 842. The highest BCUT2D eigenvalue weighted by Crippen LogP contribution is 2.33. The average molecular weight is 326 g/mol. The van der Waals surface area contributed by atoms with Gasteiger partial charge in [-0.2, -0.15) is 5.26 Å². The summed E-state index contributed by atoms with van der Waals surface area (Å²) in [4.78, 5) is 24.3. The van der Waals surface area contributed by atoms with Crippen molar-refractivity contribution in [2.45, 2.75) is 12.3 Å². The molecular weight excluding hydrogens is 314 g/mol. The zero-order valence-electron chi connectivity index (χ0n) is 12.0. The molecule has 1 aliphatic rings. The fourth-order valence-electron chi connectivity index (χ4n) is 2.56. The van der Waals surface area contributed by atoms with Gasteiger partial charge in [-0.15, -0.1) is 0 Å². The molecular formula is C17H12ClN3O2. The van der Waals surface area contributed by atoms with Gasteiger partial charge in [0.05, 0.1) is 16.5 Å². The molecule has 0 bridgehead atoms. The lowest BCUT2D eigenvalue weighted by molar-refractivity contribution is -0.123. The predicted octanol–water partition coefficient (Wildman–Crippen LogP) is 3.28. The normalized spacial score (nSPS) is 16.0. The molecule has 0 aliphatic carbocycles. The number of rotatable bonds is 2. The monoisotopic (exact) mass is 325 g/mol. The number of nitrogens with zero attached hydrogens (tertiary/aromatic N) is 1. The standard InChI is InChI=1S/C17H12ClN3O2/c18-14-6-5-11(7-10(14)9-19)20-17(23)13-8-16(22)21-15-4-2-1-3-12(13)15/h1-7,13H,8H2,(H,20,23)(H,21,22)/t13-/m1/s1. The van der Waals surface area contributed by atoms with Crippen molar-refractivity contribution in [3.8, 4) is 6.07 Å². The molecule has 0 unspecified atom stereocenters. The van der Waals surface area contributed by atoms with Crippen molar-refractivity contribution in [3.63, 3.8) is 0 Å². The van der Waals surface area contributed by atoms with E-state index in [1.54, 1.807) is 24.3 Å². The van der Waals surface area contributed by atoms with Gasteiger partial charge < -0.3 is 10.6 Å². The topological polar surface area (TPSA) is 82.0 Å². The minimum absolute atomic E-state index is 0.0849. The van der Waals surface area contributed by atoms with Crippen molar-refractivity contribution < 1.29 is 9.59 Å². The lowest BCUT2D eigenvalue weighted by Gasteiger charge is -2.24. The van der Waals surface area contributed by atoms with Crippen molar-refractivity contribution in [1.82, 2.24) is 0 Å². The Morgan fingerprint density at radius 3 is 2.87 bits per heavy atom. The minimum atomic E-state index is -0.568. The largest absolute Gasteiger partial charge is 0.326 e. The second-order valence-corrected chi connectivity index (χ2v) is 5.60. The molecule has 0 radical (unpaired) electrons. The predicted molar refractivity (Wildman–Crippen MR) is 87.2 cm³/mol. The van der Waals surface area contributed by atoms with Gasteiger partial charge in [-0.1, -0.05) is 29.8 Å². The molecule has 5 nitrogen and oxygen atoms in total. The molecule has 1 aliphatic heterocycles. The first-order valence-electron chi connectivity index (χ1n) is 6.98. The van der Waals surface area contributed by atoms with E-state index in [4.69, 9.17) is 16.9 Å². The van der Waals surface area contributed by atoms with Crippen LogP contribution in [-0.4, -0.2) is 11.8 Å². The Kier molecular flexibility index (Phi) is 4.00. The molecule has 2 aromatic carbocycles. The number of halogens is 1. The second-order valence-electron chi connectivity index (χ2n) is 5.19. The maximum absolute atomic E-state index is 12.6. The molecule has 23 heavy (non-hydrogen) atoms. The van der Waals surface area contributed by atoms with Crippen molar-refractivity contribution >= 4 is 34.8 Å². The Morgan fingerprint density at radius 2 is 2.09 bits per heavy atom. The van der Waals surface area contributed by atoms with Gasteiger partial charge in [0.1, 0.15) is 6.07 Å². The summed E-state index contributed by atoms with van der Waals surface area (Å²) >= 11 is 5.88. The Hall–Kier alpha value is -2.84. The van der Waals surface area contributed by atoms with E-state index in [9.17, 15) is 9.59 Å². The summed E-state index contributed by atoms with van der Waals surface area (Å²) in [6, 6.07) is 13.9. The van der Waals surface area contributed by atoms with Gasteiger partial charge in [0.25, 0.3) is 0 Å². The number of nitriles is 1. The molecule has 6 heteroatoms. The number of carbonyl (C=O) groups is 2. The van der Waals surface area contributed by atoms with E-state index in [2.05, 4.69) is 10.6 Å². The highest BCUT2D eigenvalue weighted by molar-refractivity contribution is 6.31. The summed E-state index contributed by atoms with van der Waals surface area (Å²) in [6.07, 6.45) is 0.0849. The molecule has 0 spiro atoms. The van der Waals surface area contributed by atoms with E-state index >= 15 is 0 Å². The number of carbonyl (C=O) groups excluding carboxylic acids is 2. The molecule has 114 valence electrons. The molecule has 0 saturated carbocycles. The van der Waals surface area contributed by atoms with Crippen LogP contribution in [0.2, 0.25) is 5.02 Å². The van der Waals surface area contributed by atoms with E-state index in [1.807, 2.05) is 18.2 Å². The zero-order valence-corrected chi connectivity index (χ0v) is 12.7. The van der Waals surface area contributed by atoms with Crippen molar-refractivity contribution in [1.29, 1.82) is 5.26 Å². The van der Waals surface area contributed by atoms with E-state index in [0.29, 0.717) is 16.4 Å². The van der Waals surface area contributed by atoms with Crippen LogP contribution in [0.4, 0.5) is 11.4 Å². The first-order valence-corrected chi connectivity index (χ1v) is 7.35.